The molecule has 1 rings (SSSR count). The van der Waals surface area contributed by atoms with E-state index in [9.17, 15) is 4.79 Å². The summed E-state index contributed by atoms with van der Waals surface area (Å²) in [5.74, 6) is -0.364. The largest absolute Gasteiger partial charge is 0.454 e. The number of ether oxygens (including phenoxy) is 1. The molecular formula is C16H24ClNO2. The summed E-state index contributed by atoms with van der Waals surface area (Å²) >= 11 is 0. The zero-order chi connectivity index (χ0) is 14.6. The fourth-order valence-electron chi connectivity index (χ4n) is 1.96. The van der Waals surface area contributed by atoms with Gasteiger partial charge in [-0.25, -0.2) is 4.79 Å². The van der Waals surface area contributed by atoms with Crippen LogP contribution in [-0.2, 0) is 15.1 Å². The van der Waals surface area contributed by atoms with E-state index in [1.165, 1.54) is 0 Å². The van der Waals surface area contributed by atoms with Gasteiger partial charge in [0.2, 0.25) is 0 Å². The van der Waals surface area contributed by atoms with Crippen molar-refractivity contribution in [3.8, 4) is 0 Å². The Hall–Kier alpha value is -1.32. The van der Waals surface area contributed by atoms with Crippen molar-refractivity contribution in [3.63, 3.8) is 0 Å². The molecule has 0 amide bonds. The van der Waals surface area contributed by atoms with Gasteiger partial charge < -0.3 is 10.5 Å². The second-order valence-corrected chi connectivity index (χ2v) is 5.39. The van der Waals surface area contributed by atoms with Crippen molar-refractivity contribution in [1.82, 2.24) is 0 Å². The summed E-state index contributed by atoms with van der Waals surface area (Å²) in [4.78, 5) is 11.7. The van der Waals surface area contributed by atoms with Gasteiger partial charge in [-0.2, -0.15) is 0 Å². The van der Waals surface area contributed by atoms with E-state index in [-0.39, 0.29) is 24.5 Å². The number of benzene rings is 1. The normalized spacial score (nSPS) is 12.2. The van der Waals surface area contributed by atoms with Gasteiger partial charge in [0.1, 0.15) is 6.10 Å². The molecule has 1 atom stereocenters. The van der Waals surface area contributed by atoms with E-state index in [4.69, 9.17) is 10.5 Å². The Morgan fingerprint density at radius 3 is 2.40 bits per heavy atom. The van der Waals surface area contributed by atoms with Crippen molar-refractivity contribution in [3.05, 3.63) is 47.5 Å². The first-order valence-electron chi connectivity index (χ1n) is 6.52. The topological polar surface area (TPSA) is 52.3 Å². The molecule has 112 valence electrons. The van der Waals surface area contributed by atoms with E-state index in [2.05, 4.69) is 6.58 Å². The standard InChI is InChI=1S/C16H23NO2.ClH/c1-6-14(19-15(18)11(2)3)12-9-7-8-10-13(12)16(4,5)17;/h7-10,14H,2,6,17H2,1,3-5H3;1H. The van der Waals surface area contributed by atoms with Crippen LogP contribution in [0.5, 0.6) is 0 Å². The van der Waals surface area contributed by atoms with Crippen molar-refractivity contribution < 1.29 is 9.53 Å². The Morgan fingerprint density at radius 1 is 1.40 bits per heavy atom. The lowest BCUT2D eigenvalue weighted by molar-refractivity contribution is -0.144. The molecule has 0 heterocycles. The van der Waals surface area contributed by atoms with Crippen LogP contribution in [0.4, 0.5) is 0 Å². The molecule has 1 aromatic rings. The van der Waals surface area contributed by atoms with Crippen LogP contribution >= 0.6 is 12.4 Å². The number of carbonyl (C=O) groups excluding carboxylic acids is 1. The van der Waals surface area contributed by atoms with Gasteiger partial charge in [0.15, 0.2) is 0 Å². The molecule has 0 aromatic heterocycles. The first kappa shape index (κ1) is 18.7. The number of halogens is 1. The monoisotopic (exact) mass is 297 g/mol. The lowest BCUT2D eigenvalue weighted by Crippen LogP contribution is -2.31. The number of hydrogen-bond donors (Lipinski definition) is 1. The molecule has 4 heteroatoms. The van der Waals surface area contributed by atoms with Gasteiger partial charge in [-0.15, -0.1) is 12.4 Å². The van der Waals surface area contributed by atoms with Crippen molar-refractivity contribution in [2.75, 3.05) is 0 Å². The van der Waals surface area contributed by atoms with Crippen LogP contribution in [0.3, 0.4) is 0 Å². The molecule has 0 aliphatic carbocycles. The van der Waals surface area contributed by atoms with Crippen molar-refractivity contribution in [1.29, 1.82) is 0 Å². The second kappa shape index (κ2) is 7.46. The van der Waals surface area contributed by atoms with Crippen LogP contribution < -0.4 is 5.73 Å². The highest BCUT2D eigenvalue weighted by atomic mass is 35.5. The number of carbonyl (C=O) groups is 1. The van der Waals surface area contributed by atoms with Gasteiger partial charge >= 0.3 is 5.97 Å². The van der Waals surface area contributed by atoms with E-state index >= 15 is 0 Å². The van der Waals surface area contributed by atoms with Gasteiger partial charge in [0.25, 0.3) is 0 Å². The lowest BCUT2D eigenvalue weighted by Gasteiger charge is -2.27. The maximum absolute atomic E-state index is 11.7. The highest BCUT2D eigenvalue weighted by molar-refractivity contribution is 5.87. The molecule has 1 unspecified atom stereocenters. The molecule has 0 aliphatic rings. The molecule has 1 aromatic carbocycles. The molecule has 2 N–H and O–H groups in total. The first-order valence-corrected chi connectivity index (χ1v) is 6.52. The fourth-order valence-corrected chi connectivity index (χ4v) is 1.96. The third-order valence-electron chi connectivity index (χ3n) is 2.97. The van der Waals surface area contributed by atoms with Gasteiger partial charge in [0.05, 0.1) is 0 Å². The average molecular weight is 298 g/mol. The van der Waals surface area contributed by atoms with E-state index in [0.717, 1.165) is 11.1 Å². The van der Waals surface area contributed by atoms with Gasteiger partial charge in [-0.05, 0) is 38.3 Å². The molecule has 0 saturated carbocycles. The summed E-state index contributed by atoms with van der Waals surface area (Å²) in [5, 5.41) is 0. The lowest BCUT2D eigenvalue weighted by atomic mass is 9.88. The number of hydrogen-bond acceptors (Lipinski definition) is 3. The second-order valence-electron chi connectivity index (χ2n) is 5.39. The van der Waals surface area contributed by atoms with Crippen molar-refractivity contribution >= 4 is 18.4 Å². The van der Waals surface area contributed by atoms with Gasteiger partial charge in [-0.3, -0.25) is 0 Å². The van der Waals surface area contributed by atoms with Crippen LogP contribution in [0.15, 0.2) is 36.4 Å². The molecule has 0 fully saturated rings. The third kappa shape index (κ3) is 4.66. The number of esters is 1. The van der Waals surface area contributed by atoms with E-state index in [1.807, 2.05) is 45.0 Å². The summed E-state index contributed by atoms with van der Waals surface area (Å²) in [6.45, 7) is 11.1. The molecule has 0 radical (unpaired) electrons. The van der Waals surface area contributed by atoms with Crippen LogP contribution in [0, 0.1) is 0 Å². The molecule has 0 saturated heterocycles. The van der Waals surface area contributed by atoms with Gasteiger partial charge in [-0.1, -0.05) is 37.8 Å². The van der Waals surface area contributed by atoms with Crippen LogP contribution in [-0.4, -0.2) is 5.97 Å². The Balaban J connectivity index is 0.00000361. The molecule has 0 bridgehead atoms. The summed E-state index contributed by atoms with van der Waals surface area (Å²) in [6.07, 6.45) is 0.412. The van der Waals surface area contributed by atoms with Crippen molar-refractivity contribution in [2.45, 2.75) is 45.8 Å². The summed E-state index contributed by atoms with van der Waals surface area (Å²) in [6, 6.07) is 7.82. The third-order valence-corrected chi connectivity index (χ3v) is 2.97. The molecule has 20 heavy (non-hydrogen) atoms. The fraction of sp³-hybridized carbons (Fsp3) is 0.438. The van der Waals surface area contributed by atoms with Crippen molar-refractivity contribution in [2.24, 2.45) is 5.73 Å². The van der Waals surface area contributed by atoms with Crippen LogP contribution in [0.25, 0.3) is 0 Å². The molecule has 0 spiro atoms. The predicted molar refractivity (Wildman–Crippen MR) is 84.8 cm³/mol. The SMILES string of the molecule is C=C(C)C(=O)OC(CC)c1ccccc1C(C)(C)N.Cl. The smallest absolute Gasteiger partial charge is 0.333 e. The molecule has 3 nitrogen and oxygen atoms in total. The summed E-state index contributed by atoms with van der Waals surface area (Å²) < 4.78 is 5.49. The zero-order valence-electron chi connectivity index (χ0n) is 12.6. The number of rotatable bonds is 5. The van der Waals surface area contributed by atoms with E-state index in [0.29, 0.717) is 12.0 Å². The maximum Gasteiger partial charge on any atom is 0.333 e. The van der Waals surface area contributed by atoms with Gasteiger partial charge in [0, 0.05) is 11.1 Å². The maximum atomic E-state index is 11.7. The summed E-state index contributed by atoms with van der Waals surface area (Å²) in [5.41, 5.74) is 8.08. The molecular weight excluding hydrogens is 274 g/mol. The Kier molecular flexibility index (Phi) is 6.97. The Morgan fingerprint density at radius 2 is 1.95 bits per heavy atom. The minimum absolute atomic E-state index is 0. The zero-order valence-corrected chi connectivity index (χ0v) is 13.4. The van der Waals surface area contributed by atoms with E-state index < -0.39 is 5.54 Å². The highest BCUT2D eigenvalue weighted by Crippen LogP contribution is 2.30. The Labute approximate surface area is 127 Å². The average Bonchev–Trinajstić information content (AvgIpc) is 2.34. The first-order chi connectivity index (χ1) is 8.77. The predicted octanol–water partition coefficient (Wildman–Crippen LogP) is 3.87. The summed E-state index contributed by atoms with van der Waals surface area (Å²) in [7, 11) is 0. The highest BCUT2D eigenvalue weighted by Gasteiger charge is 2.24. The van der Waals surface area contributed by atoms with E-state index in [1.54, 1.807) is 6.92 Å². The number of nitrogens with two attached hydrogens (primary N) is 1. The Bertz CT molecular complexity index is 478. The van der Waals surface area contributed by atoms with Crippen LogP contribution in [0.1, 0.15) is 51.3 Å². The van der Waals surface area contributed by atoms with Crippen LogP contribution in [0.2, 0.25) is 0 Å². The minimum atomic E-state index is -0.473. The quantitative estimate of drug-likeness (QED) is 0.663. The molecule has 0 aliphatic heterocycles. The minimum Gasteiger partial charge on any atom is -0.454 e.